The van der Waals surface area contributed by atoms with Gasteiger partial charge in [-0.05, 0) is 35.2 Å². The number of hydrogen-bond acceptors (Lipinski definition) is 4. The molecule has 1 aliphatic heterocycles. The third-order valence-corrected chi connectivity index (χ3v) is 6.97. The third kappa shape index (κ3) is 7.37. The minimum Gasteiger partial charge on any atom is -0.478 e. The molecule has 0 radical (unpaired) electrons. The summed E-state index contributed by atoms with van der Waals surface area (Å²) in [6.07, 6.45) is -1.98. The van der Waals surface area contributed by atoms with Crippen LogP contribution in [0.4, 0.5) is 8.78 Å². The van der Waals surface area contributed by atoms with E-state index in [-0.39, 0.29) is 42.3 Å². The molecule has 4 aromatic carbocycles. The summed E-state index contributed by atoms with van der Waals surface area (Å²) in [4.78, 5) is 49.1. The molecule has 4 aromatic rings. The van der Waals surface area contributed by atoms with Gasteiger partial charge >= 0.3 is 5.97 Å². The van der Waals surface area contributed by atoms with Crippen molar-refractivity contribution in [3.05, 3.63) is 143 Å². The van der Waals surface area contributed by atoms with Gasteiger partial charge in [0.25, 0.3) is 5.91 Å². The zero-order valence-corrected chi connectivity index (χ0v) is 23.1. The quantitative estimate of drug-likeness (QED) is 0.167. The van der Waals surface area contributed by atoms with Crippen molar-refractivity contribution in [1.82, 2.24) is 10.2 Å². The number of fused-ring (bicyclic) bond motifs is 1. The van der Waals surface area contributed by atoms with Crippen molar-refractivity contribution in [2.45, 2.75) is 31.4 Å². The van der Waals surface area contributed by atoms with E-state index in [2.05, 4.69) is 5.32 Å². The SMILES string of the molecule is O=C(NCCCC(F)F)C1c2ccccc2C(=O)N1C(c1ccccc1)c1ccccc1.O=Cc1ccccc1C(=O)O. The maximum Gasteiger partial charge on any atom is 0.336 e. The first-order chi connectivity index (χ1) is 20.8. The lowest BCUT2D eigenvalue weighted by atomic mass is 9.95. The van der Waals surface area contributed by atoms with Crippen molar-refractivity contribution in [3.63, 3.8) is 0 Å². The molecular formula is C34H30F2N2O5. The maximum atomic E-state index is 13.6. The molecule has 0 saturated carbocycles. The van der Waals surface area contributed by atoms with Gasteiger partial charge in [-0.2, -0.15) is 0 Å². The van der Waals surface area contributed by atoms with E-state index < -0.39 is 24.5 Å². The van der Waals surface area contributed by atoms with Gasteiger partial charge in [-0.3, -0.25) is 14.4 Å². The zero-order chi connectivity index (χ0) is 30.8. The Morgan fingerprint density at radius 3 is 1.95 bits per heavy atom. The Morgan fingerprint density at radius 2 is 1.40 bits per heavy atom. The molecule has 0 aliphatic carbocycles. The number of alkyl halides is 2. The van der Waals surface area contributed by atoms with Gasteiger partial charge in [0.1, 0.15) is 6.04 Å². The lowest BCUT2D eigenvalue weighted by Gasteiger charge is -2.33. The van der Waals surface area contributed by atoms with Crippen LogP contribution in [0.15, 0.2) is 109 Å². The number of nitrogens with one attached hydrogen (secondary N) is 1. The average molecular weight is 585 g/mol. The number of nitrogens with zero attached hydrogens (tertiary/aromatic N) is 1. The van der Waals surface area contributed by atoms with Crippen LogP contribution < -0.4 is 5.32 Å². The van der Waals surface area contributed by atoms with E-state index in [9.17, 15) is 28.0 Å². The van der Waals surface area contributed by atoms with Crippen LogP contribution in [0.2, 0.25) is 0 Å². The molecule has 43 heavy (non-hydrogen) atoms. The van der Waals surface area contributed by atoms with Crippen molar-refractivity contribution in [2.75, 3.05) is 6.54 Å². The number of carbonyl (C=O) groups is 4. The highest BCUT2D eigenvalue weighted by Crippen LogP contribution is 2.42. The van der Waals surface area contributed by atoms with Crippen molar-refractivity contribution in [2.24, 2.45) is 0 Å². The highest BCUT2D eigenvalue weighted by atomic mass is 19.3. The van der Waals surface area contributed by atoms with Crippen molar-refractivity contribution in [1.29, 1.82) is 0 Å². The van der Waals surface area contributed by atoms with Gasteiger partial charge in [0.15, 0.2) is 6.29 Å². The Bertz CT molecular complexity index is 1520. The molecule has 5 rings (SSSR count). The summed E-state index contributed by atoms with van der Waals surface area (Å²) >= 11 is 0. The van der Waals surface area contributed by atoms with Crippen LogP contribution >= 0.6 is 0 Å². The van der Waals surface area contributed by atoms with E-state index in [1.54, 1.807) is 41.3 Å². The number of benzene rings is 4. The fourth-order valence-corrected chi connectivity index (χ4v) is 5.01. The smallest absolute Gasteiger partial charge is 0.336 e. The maximum absolute atomic E-state index is 13.6. The summed E-state index contributed by atoms with van der Waals surface area (Å²) in [5.41, 5.74) is 3.13. The van der Waals surface area contributed by atoms with E-state index in [1.807, 2.05) is 60.7 Å². The van der Waals surface area contributed by atoms with Gasteiger partial charge in [-0.1, -0.05) is 97.1 Å². The number of halogens is 2. The van der Waals surface area contributed by atoms with Crippen LogP contribution in [-0.2, 0) is 4.79 Å². The topological polar surface area (TPSA) is 104 Å². The molecule has 220 valence electrons. The first kappa shape index (κ1) is 30.8. The fraction of sp³-hybridized carbons (Fsp3) is 0.176. The molecule has 2 amide bonds. The summed E-state index contributed by atoms with van der Waals surface area (Å²) in [6.45, 7) is 0.130. The normalized spacial score (nSPS) is 13.7. The molecule has 1 aliphatic rings. The number of carboxylic acid groups (broad SMARTS) is 1. The Balaban J connectivity index is 0.000000324. The first-order valence-electron chi connectivity index (χ1n) is 13.7. The van der Waals surface area contributed by atoms with E-state index in [0.29, 0.717) is 17.4 Å². The average Bonchev–Trinajstić information content (AvgIpc) is 3.32. The number of aldehydes is 1. The Morgan fingerprint density at radius 1 is 0.837 bits per heavy atom. The molecule has 1 unspecified atom stereocenters. The number of carboxylic acids is 1. The molecule has 0 spiro atoms. The fourth-order valence-electron chi connectivity index (χ4n) is 5.01. The standard InChI is InChI=1S/C26H24F2N2O2.C8H6O3/c27-22(28)16-9-17-29-25(31)24-20-14-7-8-15-21(20)26(32)30(24)23(18-10-3-1-4-11-18)19-12-5-2-6-13-19;9-5-6-3-1-2-4-7(6)8(10)11/h1-8,10-15,22-24H,9,16-17H2,(H,29,31);1-5H,(H,10,11). The molecule has 0 fully saturated rings. The van der Waals surface area contributed by atoms with E-state index >= 15 is 0 Å². The van der Waals surface area contributed by atoms with Gasteiger partial charge in [-0.15, -0.1) is 0 Å². The molecule has 2 N–H and O–H groups in total. The molecule has 0 bridgehead atoms. The summed E-state index contributed by atoms with van der Waals surface area (Å²) in [5.74, 6) is -1.67. The summed E-state index contributed by atoms with van der Waals surface area (Å²) in [6, 6.07) is 31.0. The van der Waals surface area contributed by atoms with E-state index in [0.717, 1.165) is 11.1 Å². The van der Waals surface area contributed by atoms with Crippen LogP contribution in [0, 0.1) is 0 Å². The molecule has 7 nitrogen and oxygen atoms in total. The number of carbonyl (C=O) groups excluding carboxylic acids is 3. The Labute approximate surface area is 247 Å². The Hall–Kier alpha value is -5.18. The van der Waals surface area contributed by atoms with E-state index in [1.165, 1.54) is 12.1 Å². The van der Waals surface area contributed by atoms with Crippen LogP contribution in [0.3, 0.4) is 0 Å². The number of hydrogen-bond donors (Lipinski definition) is 2. The second-order valence-electron chi connectivity index (χ2n) is 9.76. The van der Waals surface area contributed by atoms with Crippen LogP contribution in [-0.4, -0.2) is 47.0 Å². The zero-order valence-electron chi connectivity index (χ0n) is 23.1. The summed E-state index contributed by atoms with van der Waals surface area (Å²) in [5, 5.41) is 11.3. The number of aromatic carboxylic acids is 1. The first-order valence-corrected chi connectivity index (χ1v) is 13.7. The largest absolute Gasteiger partial charge is 0.478 e. The third-order valence-electron chi connectivity index (χ3n) is 6.97. The summed E-state index contributed by atoms with van der Waals surface area (Å²) < 4.78 is 25.0. The Kier molecular flexibility index (Phi) is 10.5. The van der Waals surface area contributed by atoms with Crippen LogP contribution in [0.5, 0.6) is 0 Å². The molecule has 1 heterocycles. The molecule has 0 saturated heterocycles. The summed E-state index contributed by atoms with van der Waals surface area (Å²) in [7, 11) is 0. The second-order valence-corrected chi connectivity index (χ2v) is 9.76. The predicted molar refractivity (Wildman–Crippen MR) is 157 cm³/mol. The van der Waals surface area contributed by atoms with Gasteiger partial charge in [0.05, 0.1) is 11.6 Å². The lowest BCUT2D eigenvalue weighted by molar-refractivity contribution is -0.126. The molecule has 0 aromatic heterocycles. The monoisotopic (exact) mass is 584 g/mol. The van der Waals surface area contributed by atoms with Crippen LogP contribution in [0.25, 0.3) is 0 Å². The van der Waals surface area contributed by atoms with Gasteiger partial charge in [0, 0.05) is 24.1 Å². The highest BCUT2D eigenvalue weighted by molar-refractivity contribution is 6.05. The second kappa shape index (κ2) is 14.6. The molecular weight excluding hydrogens is 554 g/mol. The minimum atomic E-state index is -2.40. The van der Waals surface area contributed by atoms with Crippen molar-refractivity contribution < 1.29 is 33.1 Å². The molecule has 1 atom stereocenters. The number of amides is 2. The van der Waals surface area contributed by atoms with Gasteiger partial charge in [0.2, 0.25) is 12.3 Å². The predicted octanol–water partition coefficient (Wildman–Crippen LogP) is 6.33. The molecule has 9 heteroatoms. The van der Waals surface area contributed by atoms with Gasteiger partial charge < -0.3 is 15.3 Å². The van der Waals surface area contributed by atoms with E-state index in [4.69, 9.17) is 5.11 Å². The van der Waals surface area contributed by atoms with Crippen LogP contribution in [0.1, 0.15) is 72.7 Å². The van der Waals surface area contributed by atoms with Gasteiger partial charge in [-0.25, -0.2) is 13.6 Å². The highest BCUT2D eigenvalue weighted by Gasteiger charge is 2.45. The lowest BCUT2D eigenvalue weighted by Crippen LogP contribution is -2.41. The minimum absolute atomic E-state index is 0.0440. The van der Waals surface area contributed by atoms with Crippen molar-refractivity contribution >= 4 is 24.1 Å². The number of rotatable bonds is 10. The van der Waals surface area contributed by atoms with Crippen molar-refractivity contribution in [3.8, 4) is 0 Å².